The molecule has 0 radical (unpaired) electrons. The minimum absolute atomic E-state index is 0. The minimum Gasteiger partial charge on any atom is -0.478 e. The van der Waals surface area contributed by atoms with E-state index in [2.05, 4.69) is 0 Å². The highest BCUT2D eigenvalue weighted by Crippen LogP contribution is 2.25. The third kappa shape index (κ3) is 2.84. The van der Waals surface area contributed by atoms with Crippen LogP contribution in [0.5, 0.6) is 0 Å². The van der Waals surface area contributed by atoms with E-state index < -0.39 is 5.97 Å². The molecule has 0 amide bonds. The van der Waals surface area contributed by atoms with Gasteiger partial charge in [0.1, 0.15) is 11.3 Å². The molecule has 2 aromatic carbocycles. The van der Waals surface area contributed by atoms with Crippen LogP contribution >= 0.6 is 24.0 Å². The second-order valence-corrected chi connectivity index (χ2v) is 4.91. The molecule has 1 N–H and O–H groups in total. The van der Waals surface area contributed by atoms with Crippen LogP contribution in [0.3, 0.4) is 0 Å². The zero-order valence-corrected chi connectivity index (χ0v) is 12.6. The van der Waals surface area contributed by atoms with Crippen LogP contribution in [0, 0.1) is 0 Å². The second kappa shape index (κ2) is 6.22. The largest absolute Gasteiger partial charge is 0.478 e. The number of carboxylic acid groups (broad SMARTS) is 1. The molecule has 0 aliphatic heterocycles. The SMILES string of the molecule is Cl.O=C(O)c1cccc2c(=O)cc(-c3ccc(Cl)cc3)oc12. The van der Waals surface area contributed by atoms with Crippen molar-refractivity contribution in [2.75, 3.05) is 0 Å². The molecule has 0 unspecified atom stereocenters. The Labute approximate surface area is 136 Å². The van der Waals surface area contributed by atoms with Gasteiger partial charge in [0.25, 0.3) is 0 Å². The third-order valence-electron chi connectivity index (χ3n) is 3.11. The summed E-state index contributed by atoms with van der Waals surface area (Å²) in [5, 5.41) is 10.00. The third-order valence-corrected chi connectivity index (χ3v) is 3.37. The Morgan fingerprint density at radius 2 is 1.77 bits per heavy atom. The van der Waals surface area contributed by atoms with Gasteiger partial charge in [-0.15, -0.1) is 12.4 Å². The van der Waals surface area contributed by atoms with E-state index in [4.69, 9.17) is 16.0 Å². The fourth-order valence-corrected chi connectivity index (χ4v) is 2.23. The molecule has 0 aliphatic carbocycles. The van der Waals surface area contributed by atoms with Gasteiger partial charge < -0.3 is 9.52 Å². The Balaban J connectivity index is 0.00000176. The topological polar surface area (TPSA) is 67.5 Å². The van der Waals surface area contributed by atoms with Gasteiger partial charge in [0.15, 0.2) is 11.0 Å². The monoisotopic (exact) mass is 336 g/mol. The van der Waals surface area contributed by atoms with Crippen molar-refractivity contribution in [1.29, 1.82) is 0 Å². The number of carboxylic acids is 1. The first-order chi connectivity index (χ1) is 10.1. The summed E-state index contributed by atoms with van der Waals surface area (Å²) in [6, 6.07) is 12.6. The first-order valence-corrected chi connectivity index (χ1v) is 6.50. The maximum atomic E-state index is 12.1. The van der Waals surface area contributed by atoms with E-state index in [1.165, 1.54) is 18.2 Å². The summed E-state index contributed by atoms with van der Waals surface area (Å²) in [6.07, 6.45) is 0. The van der Waals surface area contributed by atoms with Gasteiger partial charge in [-0.25, -0.2) is 4.79 Å². The number of benzene rings is 2. The Morgan fingerprint density at radius 1 is 1.09 bits per heavy atom. The quantitative estimate of drug-likeness (QED) is 0.760. The summed E-state index contributed by atoms with van der Waals surface area (Å²) in [5.41, 5.74) is 0.394. The predicted octanol–water partition coefficient (Wildman–Crippen LogP) is 4.23. The number of rotatable bonds is 2. The van der Waals surface area contributed by atoms with Crippen molar-refractivity contribution >= 4 is 40.9 Å². The molecule has 0 bridgehead atoms. The first kappa shape index (κ1) is 16.1. The van der Waals surface area contributed by atoms with Crippen molar-refractivity contribution in [3.8, 4) is 11.3 Å². The zero-order chi connectivity index (χ0) is 15.0. The van der Waals surface area contributed by atoms with Gasteiger partial charge in [-0.1, -0.05) is 17.7 Å². The van der Waals surface area contributed by atoms with Crippen LogP contribution in [-0.2, 0) is 0 Å². The van der Waals surface area contributed by atoms with E-state index in [0.717, 1.165) is 0 Å². The molecule has 112 valence electrons. The number of hydrogen-bond acceptors (Lipinski definition) is 3. The molecule has 0 fully saturated rings. The molecule has 0 aliphatic rings. The predicted molar refractivity (Wildman–Crippen MR) is 87.1 cm³/mol. The van der Waals surface area contributed by atoms with Gasteiger partial charge in [0.05, 0.1) is 5.39 Å². The number of hydrogen-bond donors (Lipinski definition) is 1. The molecular formula is C16H10Cl2O4. The van der Waals surface area contributed by atoms with E-state index in [1.807, 2.05) is 0 Å². The molecular weight excluding hydrogens is 327 g/mol. The molecule has 0 saturated carbocycles. The fourth-order valence-electron chi connectivity index (χ4n) is 2.10. The zero-order valence-electron chi connectivity index (χ0n) is 11.1. The van der Waals surface area contributed by atoms with E-state index in [0.29, 0.717) is 16.3 Å². The number of aromatic carboxylic acids is 1. The molecule has 22 heavy (non-hydrogen) atoms. The van der Waals surface area contributed by atoms with E-state index in [-0.39, 0.29) is 34.4 Å². The maximum Gasteiger partial charge on any atom is 0.339 e. The molecule has 4 nitrogen and oxygen atoms in total. The lowest BCUT2D eigenvalue weighted by molar-refractivity contribution is 0.0698. The Morgan fingerprint density at radius 3 is 2.41 bits per heavy atom. The van der Waals surface area contributed by atoms with Gasteiger partial charge in [-0.3, -0.25) is 4.79 Å². The second-order valence-electron chi connectivity index (χ2n) is 4.47. The van der Waals surface area contributed by atoms with Crippen molar-refractivity contribution in [2.24, 2.45) is 0 Å². The van der Waals surface area contributed by atoms with E-state index in [1.54, 1.807) is 30.3 Å². The van der Waals surface area contributed by atoms with Crippen LogP contribution in [0.25, 0.3) is 22.3 Å². The molecule has 1 heterocycles. The van der Waals surface area contributed by atoms with Crippen molar-refractivity contribution in [2.45, 2.75) is 0 Å². The highest BCUT2D eigenvalue weighted by Gasteiger charge is 2.14. The molecule has 3 rings (SSSR count). The summed E-state index contributed by atoms with van der Waals surface area (Å²) in [5.74, 6) is -0.838. The van der Waals surface area contributed by atoms with Gasteiger partial charge in [-0.05, 0) is 36.4 Å². The van der Waals surface area contributed by atoms with Crippen LogP contribution < -0.4 is 5.43 Å². The van der Waals surface area contributed by atoms with Crippen LogP contribution in [0.4, 0.5) is 0 Å². The lowest BCUT2D eigenvalue weighted by atomic mass is 10.1. The highest BCUT2D eigenvalue weighted by molar-refractivity contribution is 6.30. The number of para-hydroxylation sites is 1. The average molecular weight is 337 g/mol. The van der Waals surface area contributed by atoms with Crippen molar-refractivity contribution < 1.29 is 14.3 Å². The molecule has 6 heteroatoms. The Hall–Kier alpha value is -2.30. The van der Waals surface area contributed by atoms with Crippen LogP contribution in [-0.4, -0.2) is 11.1 Å². The molecule has 0 atom stereocenters. The Kier molecular flexibility index (Phi) is 4.54. The lowest BCUT2D eigenvalue weighted by Gasteiger charge is -2.05. The number of carbonyl (C=O) groups is 1. The number of halogens is 2. The van der Waals surface area contributed by atoms with Crippen molar-refractivity contribution in [3.05, 3.63) is 69.3 Å². The smallest absolute Gasteiger partial charge is 0.339 e. The summed E-state index contributed by atoms with van der Waals surface area (Å²) < 4.78 is 5.64. The summed E-state index contributed by atoms with van der Waals surface area (Å²) in [4.78, 5) is 23.4. The normalized spacial score (nSPS) is 10.2. The molecule has 0 spiro atoms. The molecule has 0 saturated heterocycles. The summed E-state index contributed by atoms with van der Waals surface area (Å²) in [7, 11) is 0. The minimum atomic E-state index is -1.14. The molecule has 3 aromatic rings. The van der Waals surface area contributed by atoms with Gasteiger partial charge in [0, 0.05) is 16.7 Å². The summed E-state index contributed by atoms with van der Waals surface area (Å²) in [6.45, 7) is 0. The van der Waals surface area contributed by atoms with Crippen LogP contribution in [0.15, 0.2) is 57.7 Å². The lowest BCUT2D eigenvalue weighted by Crippen LogP contribution is -2.04. The van der Waals surface area contributed by atoms with Crippen molar-refractivity contribution in [1.82, 2.24) is 0 Å². The van der Waals surface area contributed by atoms with E-state index in [9.17, 15) is 14.7 Å². The van der Waals surface area contributed by atoms with Gasteiger partial charge in [0.2, 0.25) is 0 Å². The summed E-state index contributed by atoms with van der Waals surface area (Å²) >= 11 is 5.82. The standard InChI is InChI=1S/C16H9ClO4.ClH/c17-10-6-4-9(5-7-10)14-8-13(18)11-2-1-3-12(16(19)20)15(11)21-14;/h1-8H,(H,19,20);1H. The van der Waals surface area contributed by atoms with Crippen LogP contribution in [0.1, 0.15) is 10.4 Å². The number of fused-ring (bicyclic) bond motifs is 1. The fraction of sp³-hybridized carbons (Fsp3) is 0. The maximum absolute atomic E-state index is 12.1. The first-order valence-electron chi connectivity index (χ1n) is 6.12. The van der Waals surface area contributed by atoms with Gasteiger partial charge >= 0.3 is 5.97 Å². The van der Waals surface area contributed by atoms with E-state index >= 15 is 0 Å². The highest BCUT2D eigenvalue weighted by atomic mass is 35.5. The van der Waals surface area contributed by atoms with Gasteiger partial charge in [-0.2, -0.15) is 0 Å². The Bertz CT molecular complexity index is 898. The molecule has 1 aromatic heterocycles. The van der Waals surface area contributed by atoms with Crippen LogP contribution in [0.2, 0.25) is 5.02 Å². The van der Waals surface area contributed by atoms with Crippen molar-refractivity contribution in [3.63, 3.8) is 0 Å². The average Bonchev–Trinajstić information content (AvgIpc) is 2.47.